The summed E-state index contributed by atoms with van der Waals surface area (Å²) in [6.07, 6.45) is 1.83. The molecular weight excluding hydrogens is 302 g/mol. The lowest BCUT2D eigenvalue weighted by atomic mass is 10.1. The van der Waals surface area contributed by atoms with Gasteiger partial charge >= 0.3 is 0 Å². The first-order chi connectivity index (χ1) is 10.4. The van der Waals surface area contributed by atoms with Crippen LogP contribution in [0.1, 0.15) is 33.6 Å². The minimum atomic E-state index is -3.42. The molecule has 0 atom stereocenters. The summed E-state index contributed by atoms with van der Waals surface area (Å²) in [4.78, 5) is 0.319. The molecule has 124 valence electrons. The molecule has 0 bridgehead atoms. The van der Waals surface area contributed by atoms with E-state index in [4.69, 9.17) is 9.47 Å². The molecule has 0 spiro atoms. The van der Waals surface area contributed by atoms with Crippen molar-refractivity contribution in [2.24, 2.45) is 0 Å². The SMILES string of the molecule is CCOc1ccc(S(=O)(=O)N2CCC(OC(C)C)CC2)cc1. The number of piperidine rings is 1. The number of nitrogens with zero attached hydrogens (tertiary/aromatic N) is 1. The summed E-state index contributed by atoms with van der Waals surface area (Å²) in [5.41, 5.74) is 0. The van der Waals surface area contributed by atoms with Crippen LogP contribution in [0.5, 0.6) is 5.75 Å². The molecule has 1 aromatic carbocycles. The highest BCUT2D eigenvalue weighted by molar-refractivity contribution is 7.89. The molecular formula is C16H25NO4S. The molecule has 22 heavy (non-hydrogen) atoms. The molecule has 0 N–H and O–H groups in total. The van der Waals surface area contributed by atoms with Gasteiger partial charge in [-0.1, -0.05) is 0 Å². The Hall–Kier alpha value is -1.11. The Morgan fingerprint density at radius 1 is 1.18 bits per heavy atom. The highest BCUT2D eigenvalue weighted by atomic mass is 32.2. The minimum absolute atomic E-state index is 0.159. The van der Waals surface area contributed by atoms with Crippen LogP contribution in [0, 0.1) is 0 Å². The molecule has 0 aliphatic carbocycles. The molecule has 1 aliphatic heterocycles. The second kappa shape index (κ2) is 7.44. The van der Waals surface area contributed by atoms with Crippen molar-refractivity contribution in [2.75, 3.05) is 19.7 Å². The van der Waals surface area contributed by atoms with Crippen LogP contribution in [0.3, 0.4) is 0 Å². The van der Waals surface area contributed by atoms with Gasteiger partial charge in [-0.05, 0) is 57.9 Å². The lowest BCUT2D eigenvalue weighted by Crippen LogP contribution is -2.41. The van der Waals surface area contributed by atoms with Gasteiger partial charge in [0.2, 0.25) is 10.0 Å². The van der Waals surface area contributed by atoms with Crippen LogP contribution < -0.4 is 4.74 Å². The Bertz CT molecular complexity index is 560. The number of rotatable bonds is 6. The van der Waals surface area contributed by atoms with E-state index in [1.807, 2.05) is 20.8 Å². The van der Waals surface area contributed by atoms with Gasteiger partial charge in [-0.2, -0.15) is 4.31 Å². The first kappa shape index (κ1) is 17.2. The third-order valence-corrected chi connectivity index (χ3v) is 5.55. The summed E-state index contributed by atoms with van der Waals surface area (Å²) in [5.74, 6) is 0.686. The lowest BCUT2D eigenvalue weighted by Gasteiger charge is -2.32. The largest absolute Gasteiger partial charge is 0.494 e. The van der Waals surface area contributed by atoms with Gasteiger partial charge in [0.05, 0.1) is 23.7 Å². The highest BCUT2D eigenvalue weighted by Crippen LogP contribution is 2.24. The molecule has 5 nitrogen and oxygen atoms in total. The molecule has 6 heteroatoms. The zero-order chi connectivity index (χ0) is 16.2. The van der Waals surface area contributed by atoms with Crippen LogP contribution in [0.15, 0.2) is 29.2 Å². The number of hydrogen-bond acceptors (Lipinski definition) is 4. The molecule has 0 amide bonds. The number of sulfonamides is 1. The third-order valence-electron chi connectivity index (χ3n) is 3.64. The maximum atomic E-state index is 12.6. The summed E-state index contributed by atoms with van der Waals surface area (Å²) in [6, 6.07) is 6.62. The molecule has 1 aromatic rings. The Balaban J connectivity index is 2.02. The monoisotopic (exact) mass is 327 g/mol. The Labute approximate surface area is 133 Å². The molecule has 0 aromatic heterocycles. The topological polar surface area (TPSA) is 55.8 Å². The Morgan fingerprint density at radius 3 is 2.27 bits per heavy atom. The zero-order valence-corrected chi connectivity index (χ0v) is 14.3. The molecule has 1 aliphatic rings. The van der Waals surface area contributed by atoms with Crippen LogP contribution in [0.4, 0.5) is 0 Å². The van der Waals surface area contributed by atoms with Crippen molar-refractivity contribution in [2.45, 2.75) is 50.7 Å². The van der Waals surface area contributed by atoms with Gasteiger partial charge in [-0.3, -0.25) is 0 Å². The average Bonchev–Trinajstić information content (AvgIpc) is 2.48. The van der Waals surface area contributed by atoms with Gasteiger partial charge in [0.25, 0.3) is 0 Å². The van der Waals surface area contributed by atoms with Gasteiger partial charge in [-0.25, -0.2) is 8.42 Å². The fraction of sp³-hybridized carbons (Fsp3) is 0.625. The van der Waals surface area contributed by atoms with Gasteiger partial charge in [0, 0.05) is 13.1 Å². The second-order valence-electron chi connectivity index (χ2n) is 5.69. The van der Waals surface area contributed by atoms with E-state index in [1.54, 1.807) is 28.6 Å². The van der Waals surface area contributed by atoms with E-state index >= 15 is 0 Å². The predicted octanol–water partition coefficient (Wildman–Crippen LogP) is 2.66. The van der Waals surface area contributed by atoms with Crippen LogP contribution in [-0.2, 0) is 14.8 Å². The van der Waals surface area contributed by atoms with Crippen LogP contribution in [-0.4, -0.2) is 44.6 Å². The molecule has 1 saturated heterocycles. The number of ether oxygens (including phenoxy) is 2. The van der Waals surface area contributed by atoms with Gasteiger partial charge in [-0.15, -0.1) is 0 Å². The standard InChI is InChI=1S/C16H25NO4S/c1-4-20-14-5-7-16(8-6-14)22(18,19)17-11-9-15(10-12-17)21-13(2)3/h5-8,13,15H,4,9-12H2,1-3H3. The fourth-order valence-electron chi connectivity index (χ4n) is 2.62. The quantitative estimate of drug-likeness (QED) is 0.806. The summed E-state index contributed by atoms with van der Waals surface area (Å²) in [5, 5.41) is 0. The van der Waals surface area contributed by atoms with Crippen molar-refractivity contribution in [3.05, 3.63) is 24.3 Å². The normalized spacial score (nSPS) is 17.8. The van der Waals surface area contributed by atoms with Crippen LogP contribution >= 0.6 is 0 Å². The van der Waals surface area contributed by atoms with Gasteiger partial charge in [0.1, 0.15) is 5.75 Å². The van der Waals surface area contributed by atoms with E-state index < -0.39 is 10.0 Å². The summed E-state index contributed by atoms with van der Waals surface area (Å²) < 4.78 is 37.9. The summed E-state index contributed by atoms with van der Waals surface area (Å²) in [6.45, 7) is 7.48. The van der Waals surface area contributed by atoms with E-state index in [0.717, 1.165) is 12.8 Å². The van der Waals surface area contributed by atoms with Crippen LogP contribution in [0.25, 0.3) is 0 Å². The number of benzene rings is 1. The minimum Gasteiger partial charge on any atom is -0.494 e. The van der Waals surface area contributed by atoms with Crippen molar-refractivity contribution in [3.8, 4) is 5.75 Å². The first-order valence-electron chi connectivity index (χ1n) is 7.82. The molecule has 0 saturated carbocycles. The van der Waals surface area contributed by atoms with Crippen molar-refractivity contribution in [3.63, 3.8) is 0 Å². The van der Waals surface area contributed by atoms with E-state index in [9.17, 15) is 8.42 Å². The van der Waals surface area contributed by atoms with Gasteiger partial charge < -0.3 is 9.47 Å². The predicted molar refractivity (Wildman–Crippen MR) is 85.6 cm³/mol. The molecule has 1 fully saturated rings. The molecule has 1 heterocycles. The highest BCUT2D eigenvalue weighted by Gasteiger charge is 2.29. The van der Waals surface area contributed by atoms with Crippen molar-refractivity contribution < 1.29 is 17.9 Å². The van der Waals surface area contributed by atoms with E-state index in [2.05, 4.69) is 0 Å². The Kier molecular flexibility index (Phi) is 5.83. The Morgan fingerprint density at radius 2 is 1.77 bits per heavy atom. The van der Waals surface area contributed by atoms with Crippen LogP contribution in [0.2, 0.25) is 0 Å². The maximum absolute atomic E-state index is 12.6. The van der Waals surface area contributed by atoms with E-state index in [-0.39, 0.29) is 12.2 Å². The van der Waals surface area contributed by atoms with Crippen molar-refractivity contribution in [1.82, 2.24) is 4.31 Å². The van der Waals surface area contributed by atoms with E-state index in [1.165, 1.54) is 0 Å². The molecule has 0 radical (unpaired) electrons. The zero-order valence-electron chi connectivity index (χ0n) is 13.5. The first-order valence-corrected chi connectivity index (χ1v) is 9.26. The summed E-state index contributed by atoms with van der Waals surface area (Å²) in [7, 11) is -3.42. The third kappa shape index (κ3) is 4.21. The van der Waals surface area contributed by atoms with Gasteiger partial charge in [0.15, 0.2) is 0 Å². The fourth-order valence-corrected chi connectivity index (χ4v) is 4.09. The smallest absolute Gasteiger partial charge is 0.243 e. The average molecular weight is 327 g/mol. The van der Waals surface area contributed by atoms with Crippen molar-refractivity contribution >= 4 is 10.0 Å². The molecule has 2 rings (SSSR count). The lowest BCUT2D eigenvalue weighted by molar-refractivity contribution is -0.0168. The van der Waals surface area contributed by atoms with Crippen molar-refractivity contribution in [1.29, 1.82) is 0 Å². The second-order valence-corrected chi connectivity index (χ2v) is 7.63. The maximum Gasteiger partial charge on any atom is 0.243 e. The van der Waals surface area contributed by atoms with E-state index in [0.29, 0.717) is 30.3 Å². The summed E-state index contributed by atoms with van der Waals surface area (Å²) >= 11 is 0. The number of hydrogen-bond donors (Lipinski definition) is 0. The molecule has 0 unspecified atom stereocenters.